The quantitative estimate of drug-likeness (QED) is 0.666. The van der Waals surface area contributed by atoms with Crippen molar-refractivity contribution in [2.24, 2.45) is 11.3 Å². The molecule has 0 aliphatic heterocycles. The van der Waals surface area contributed by atoms with Crippen LogP contribution in [0.15, 0.2) is 0 Å². The third-order valence-electron chi connectivity index (χ3n) is 3.86. The third kappa shape index (κ3) is 3.45. The summed E-state index contributed by atoms with van der Waals surface area (Å²) in [5.41, 5.74) is -0.888. The zero-order valence-electron chi connectivity index (χ0n) is 11.1. The topological polar surface area (TPSA) is 86.6 Å². The molecule has 1 rings (SSSR count). The van der Waals surface area contributed by atoms with Crippen molar-refractivity contribution in [1.29, 1.82) is 0 Å². The van der Waals surface area contributed by atoms with Gasteiger partial charge in [-0.05, 0) is 18.8 Å². The van der Waals surface area contributed by atoms with Crippen molar-refractivity contribution in [3.05, 3.63) is 0 Å². The Hall–Kier alpha value is -1.10. The molecule has 3 N–H and O–H groups in total. The van der Waals surface area contributed by atoms with Gasteiger partial charge in [-0.3, -0.25) is 9.59 Å². The highest BCUT2D eigenvalue weighted by molar-refractivity contribution is 5.85. The maximum atomic E-state index is 11.9. The van der Waals surface area contributed by atoms with Gasteiger partial charge in [-0.25, -0.2) is 0 Å². The number of hydrogen-bond acceptors (Lipinski definition) is 3. The van der Waals surface area contributed by atoms with E-state index in [1.807, 2.05) is 13.8 Å². The van der Waals surface area contributed by atoms with E-state index in [9.17, 15) is 14.7 Å². The number of rotatable bonds is 6. The minimum atomic E-state index is -0.888. The lowest BCUT2D eigenvalue weighted by molar-refractivity contribution is -0.151. The molecule has 0 spiro atoms. The highest BCUT2D eigenvalue weighted by Gasteiger charge is 2.43. The van der Waals surface area contributed by atoms with E-state index in [1.54, 1.807) is 0 Å². The van der Waals surface area contributed by atoms with Crippen LogP contribution >= 0.6 is 0 Å². The van der Waals surface area contributed by atoms with E-state index in [0.29, 0.717) is 12.8 Å². The molecule has 1 saturated carbocycles. The largest absolute Gasteiger partial charge is 0.481 e. The smallest absolute Gasteiger partial charge is 0.310 e. The summed E-state index contributed by atoms with van der Waals surface area (Å²) in [7, 11) is 0. The fourth-order valence-corrected chi connectivity index (χ4v) is 2.51. The molecule has 1 amide bonds. The van der Waals surface area contributed by atoms with Crippen molar-refractivity contribution in [3.63, 3.8) is 0 Å². The molecule has 1 unspecified atom stereocenters. The Bertz CT molecular complexity index is 308. The molecular formula is C13H23NO4. The Labute approximate surface area is 108 Å². The summed E-state index contributed by atoms with van der Waals surface area (Å²) in [6, 6.07) is -0.301. The van der Waals surface area contributed by atoms with Gasteiger partial charge >= 0.3 is 5.97 Å². The van der Waals surface area contributed by atoms with Crippen molar-refractivity contribution in [3.8, 4) is 0 Å². The molecule has 1 atom stereocenters. The number of carboxylic acids is 1. The molecule has 1 aliphatic carbocycles. The number of aliphatic carboxylic acids is 1. The van der Waals surface area contributed by atoms with Gasteiger partial charge in [0, 0.05) is 6.42 Å². The zero-order chi connectivity index (χ0) is 13.8. The van der Waals surface area contributed by atoms with Crippen molar-refractivity contribution >= 4 is 11.9 Å². The van der Waals surface area contributed by atoms with Crippen LogP contribution in [0.1, 0.15) is 46.0 Å². The van der Waals surface area contributed by atoms with Crippen LogP contribution in [0.25, 0.3) is 0 Å². The number of aliphatic hydroxyl groups excluding tert-OH is 1. The van der Waals surface area contributed by atoms with Gasteiger partial charge in [0.15, 0.2) is 0 Å². The maximum Gasteiger partial charge on any atom is 0.310 e. The molecule has 1 fully saturated rings. The molecule has 0 saturated heterocycles. The Kier molecular flexibility index (Phi) is 5.14. The molecule has 1 aliphatic rings. The summed E-state index contributed by atoms with van der Waals surface area (Å²) in [6.07, 6.45) is 2.90. The minimum absolute atomic E-state index is 0.0194. The molecule has 5 heteroatoms. The molecule has 0 aromatic heterocycles. The molecular weight excluding hydrogens is 234 g/mol. The number of aliphatic hydroxyl groups is 1. The van der Waals surface area contributed by atoms with E-state index >= 15 is 0 Å². The average Bonchev–Trinajstić information content (AvgIpc) is 2.75. The first kappa shape index (κ1) is 15.0. The van der Waals surface area contributed by atoms with Crippen molar-refractivity contribution in [1.82, 2.24) is 5.32 Å². The number of nitrogens with one attached hydrogen (secondary N) is 1. The Morgan fingerprint density at radius 1 is 1.28 bits per heavy atom. The van der Waals surface area contributed by atoms with Gasteiger partial charge in [0.2, 0.25) is 5.91 Å². The molecule has 0 aromatic rings. The first-order valence-electron chi connectivity index (χ1n) is 6.55. The molecule has 5 nitrogen and oxygen atoms in total. The number of hydrogen-bond donors (Lipinski definition) is 3. The predicted molar refractivity (Wildman–Crippen MR) is 67.0 cm³/mol. The third-order valence-corrected chi connectivity index (χ3v) is 3.86. The van der Waals surface area contributed by atoms with Gasteiger partial charge < -0.3 is 15.5 Å². The van der Waals surface area contributed by atoms with Gasteiger partial charge in [-0.15, -0.1) is 0 Å². The van der Waals surface area contributed by atoms with E-state index in [2.05, 4.69) is 5.32 Å². The van der Waals surface area contributed by atoms with Gasteiger partial charge in [0.05, 0.1) is 18.1 Å². The monoisotopic (exact) mass is 257 g/mol. The van der Waals surface area contributed by atoms with Gasteiger partial charge in [0.25, 0.3) is 0 Å². The summed E-state index contributed by atoms with van der Waals surface area (Å²) in [5, 5.41) is 21.2. The number of amides is 1. The van der Waals surface area contributed by atoms with Crippen LogP contribution in [-0.2, 0) is 9.59 Å². The van der Waals surface area contributed by atoms with E-state index < -0.39 is 11.4 Å². The second kappa shape index (κ2) is 6.18. The number of carbonyl (C=O) groups excluding carboxylic acids is 1. The normalized spacial score (nSPS) is 19.8. The summed E-state index contributed by atoms with van der Waals surface area (Å²) in [4.78, 5) is 23.2. The minimum Gasteiger partial charge on any atom is -0.481 e. The molecule has 0 heterocycles. The SMILES string of the molecule is CC(C)C(CO)NC(=O)CC1(C(=O)O)CCCC1. The first-order valence-corrected chi connectivity index (χ1v) is 6.55. The molecule has 0 bridgehead atoms. The average molecular weight is 257 g/mol. The van der Waals surface area contributed by atoms with E-state index in [4.69, 9.17) is 5.11 Å². The van der Waals surface area contributed by atoms with Crippen LogP contribution in [0, 0.1) is 11.3 Å². The standard InChI is InChI=1S/C13H23NO4/c1-9(2)10(8-15)14-11(16)7-13(12(17)18)5-3-4-6-13/h9-10,15H,3-8H2,1-2H3,(H,14,16)(H,17,18). The molecule has 0 aromatic carbocycles. The van der Waals surface area contributed by atoms with Crippen LogP contribution in [0.5, 0.6) is 0 Å². The fourth-order valence-electron chi connectivity index (χ4n) is 2.51. The maximum absolute atomic E-state index is 11.9. The number of carboxylic acid groups (broad SMARTS) is 1. The zero-order valence-corrected chi connectivity index (χ0v) is 11.1. The van der Waals surface area contributed by atoms with Crippen LogP contribution in [0.3, 0.4) is 0 Å². The van der Waals surface area contributed by atoms with Crippen molar-refractivity contribution in [2.45, 2.75) is 52.0 Å². The van der Waals surface area contributed by atoms with Crippen molar-refractivity contribution in [2.75, 3.05) is 6.61 Å². The van der Waals surface area contributed by atoms with Gasteiger partial charge in [0.1, 0.15) is 0 Å². The highest BCUT2D eigenvalue weighted by Crippen LogP contribution is 2.41. The summed E-state index contributed by atoms with van der Waals surface area (Å²) in [5.74, 6) is -1.02. The van der Waals surface area contributed by atoms with Gasteiger partial charge in [-0.1, -0.05) is 26.7 Å². The lowest BCUT2D eigenvalue weighted by Crippen LogP contribution is -2.44. The Balaban J connectivity index is 2.60. The molecule has 18 heavy (non-hydrogen) atoms. The van der Waals surface area contributed by atoms with Crippen LogP contribution < -0.4 is 5.32 Å². The molecule has 104 valence electrons. The Morgan fingerprint density at radius 3 is 2.22 bits per heavy atom. The van der Waals surface area contributed by atoms with Crippen LogP contribution in [0.2, 0.25) is 0 Å². The summed E-state index contributed by atoms with van der Waals surface area (Å²) < 4.78 is 0. The second-order valence-electron chi connectivity index (χ2n) is 5.57. The van der Waals surface area contributed by atoms with Crippen LogP contribution in [0.4, 0.5) is 0 Å². The first-order chi connectivity index (χ1) is 8.41. The summed E-state index contributed by atoms with van der Waals surface area (Å²) >= 11 is 0. The van der Waals surface area contributed by atoms with Crippen molar-refractivity contribution < 1.29 is 19.8 Å². The van der Waals surface area contributed by atoms with E-state index in [-0.39, 0.29) is 30.9 Å². The molecule has 0 radical (unpaired) electrons. The Morgan fingerprint density at radius 2 is 1.83 bits per heavy atom. The van der Waals surface area contributed by atoms with E-state index in [1.165, 1.54) is 0 Å². The lowest BCUT2D eigenvalue weighted by Gasteiger charge is -2.26. The number of carbonyl (C=O) groups is 2. The lowest BCUT2D eigenvalue weighted by atomic mass is 9.82. The van der Waals surface area contributed by atoms with Crippen LogP contribution in [-0.4, -0.2) is 34.7 Å². The second-order valence-corrected chi connectivity index (χ2v) is 5.57. The van der Waals surface area contributed by atoms with E-state index in [0.717, 1.165) is 12.8 Å². The fraction of sp³-hybridized carbons (Fsp3) is 0.846. The summed E-state index contributed by atoms with van der Waals surface area (Å²) in [6.45, 7) is 3.69. The predicted octanol–water partition coefficient (Wildman–Crippen LogP) is 1.15. The highest BCUT2D eigenvalue weighted by atomic mass is 16.4. The van der Waals surface area contributed by atoms with Gasteiger partial charge in [-0.2, -0.15) is 0 Å².